The summed E-state index contributed by atoms with van der Waals surface area (Å²) in [5, 5.41) is 20.5. The minimum absolute atomic E-state index is 0.359. The molecule has 1 aromatic heterocycles. The normalized spacial score (nSPS) is 12.4. The zero-order chi connectivity index (χ0) is 26.6. The molecule has 0 fully saturated rings. The lowest BCUT2D eigenvalue weighted by atomic mass is 9.91. The fourth-order valence-corrected chi connectivity index (χ4v) is 4.97. The van der Waals surface area contributed by atoms with Crippen molar-refractivity contribution in [2.75, 3.05) is 10.6 Å². The Morgan fingerprint density at radius 3 is 2.49 bits per heavy atom. The molecule has 1 heterocycles. The molecule has 0 bridgehead atoms. The van der Waals surface area contributed by atoms with Gasteiger partial charge in [0, 0.05) is 11.3 Å². The van der Waals surface area contributed by atoms with E-state index in [2.05, 4.69) is 37.3 Å². The molecule has 1 aliphatic rings. The summed E-state index contributed by atoms with van der Waals surface area (Å²) in [6, 6.07) is 27.1. The fourth-order valence-electron chi connectivity index (χ4n) is 4.97. The van der Waals surface area contributed by atoms with Gasteiger partial charge in [-0.05, 0) is 90.4 Å². The van der Waals surface area contributed by atoms with E-state index in [1.165, 1.54) is 17.5 Å². The lowest BCUT2D eigenvalue weighted by Crippen LogP contribution is -2.19. The predicted octanol–water partition coefficient (Wildman–Crippen LogP) is 7.16. The maximum absolute atomic E-state index is 13.1. The van der Waals surface area contributed by atoms with Crippen LogP contribution < -0.4 is 15.4 Å². The molecule has 0 unspecified atom stereocenters. The van der Waals surface area contributed by atoms with E-state index in [1.54, 1.807) is 0 Å². The number of nitrogens with zero attached hydrogens (tertiary/aromatic N) is 3. The summed E-state index contributed by atoms with van der Waals surface area (Å²) < 4.78 is 6.49. The molecule has 8 heteroatoms. The smallest absolute Gasteiger partial charge is 0.323 e. The number of aromatic nitrogens is 4. The molecule has 4 aromatic carbocycles. The van der Waals surface area contributed by atoms with E-state index in [-0.39, 0.29) is 6.03 Å². The number of hydrogen-bond donors (Lipinski definition) is 3. The molecule has 194 valence electrons. The third-order valence-electron chi connectivity index (χ3n) is 6.93. The number of H-pyrrole nitrogens is 1. The molecule has 0 saturated heterocycles. The number of carbonyl (C=O) groups excluding carboxylic acids is 1. The Morgan fingerprint density at radius 1 is 0.846 bits per heavy atom. The lowest BCUT2D eigenvalue weighted by Gasteiger charge is -2.21. The van der Waals surface area contributed by atoms with E-state index in [1.807, 2.05) is 85.8 Å². The van der Waals surface area contributed by atoms with Crippen molar-refractivity contribution in [3.8, 4) is 34.0 Å². The van der Waals surface area contributed by atoms with E-state index in [0.29, 0.717) is 22.9 Å². The van der Waals surface area contributed by atoms with Gasteiger partial charge in [0.15, 0.2) is 5.75 Å². The van der Waals surface area contributed by atoms with Crippen LogP contribution in [0.5, 0.6) is 11.5 Å². The molecule has 39 heavy (non-hydrogen) atoms. The summed E-state index contributed by atoms with van der Waals surface area (Å²) in [5.41, 5.74) is 7.56. The van der Waals surface area contributed by atoms with Gasteiger partial charge >= 0.3 is 6.03 Å². The van der Waals surface area contributed by atoms with Crippen LogP contribution in [-0.4, -0.2) is 26.7 Å². The highest BCUT2D eigenvalue weighted by atomic mass is 16.5. The average Bonchev–Trinajstić information content (AvgIpc) is 3.50. The van der Waals surface area contributed by atoms with Crippen LogP contribution in [0, 0.1) is 6.92 Å². The summed E-state index contributed by atoms with van der Waals surface area (Å²) in [4.78, 5) is 13.1. The van der Waals surface area contributed by atoms with Gasteiger partial charge in [-0.25, -0.2) is 4.79 Å². The fraction of sp³-hybridized carbons (Fsp3) is 0.161. The van der Waals surface area contributed by atoms with Gasteiger partial charge < -0.3 is 15.4 Å². The molecule has 0 spiro atoms. The number of carbonyl (C=O) groups is 1. The van der Waals surface area contributed by atoms with E-state index in [0.717, 1.165) is 47.3 Å². The van der Waals surface area contributed by atoms with E-state index < -0.39 is 0 Å². The number of rotatable bonds is 6. The molecule has 0 aliphatic heterocycles. The van der Waals surface area contributed by atoms with Crippen LogP contribution in [0.2, 0.25) is 0 Å². The second-order valence-corrected chi connectivity index (χ2v) is 9.64. The maximum atomic E-state index is 13.1. The van der Waals surface area contributed by atoms with E-state index >= 15 is 0 Å². The van der Waals surface area contributed by atoms with Crippen LogP contribution in [-0.2, 0) is 12.8 Å². The van der Waals surface area contributed by atoms with Gasteiger partial charge in [0.1, 0.15) is 5.75 Å². The van der Waals surface area contributed by atoms with E-state index in [9.17, 15) is 4.79 Å². The Kier molecular flexibility index (Phi) is 6.74. The molecule has 0 radical (unpaired) electrons. The van der Waals surface area contributed by atoms with Gasteiger partial charge in [-0.1, -0.05) is 60.2 Å². The first-order valence-corrected chi connectivity index (χ1v) is 13.0. The molecular weight excluding hydrogens is 488 g/mol. The number of aromatic amines is 1. The predicted molar refractivity (Wildman–Crippen MR) is 152 cm³/mol. The Bertz CT molecular complexity index is 1610. The Balaban J connectivity index is 1.37. The summed E-state index contributed by atoms with van der Waals surface area (Å²) >= 11 is 0. The van der Waals surface area contributed by atoms with Crippen LogP contribution in [0.4, 0.5) is 16.2 Å². The molecule has 5 aromatic rings. The van der Waals surface area contributed by atoms with Gasteiger partial charge in [0.2, 0.25) is 5.82 Å². The quantitative estimate of drug-likeness (QED) is 0.222. The average molecular weight is 517 g/mol. The third-order valence-corrected chi connectivity index (χ3v) is 6.93. The van der Waals surface area contributed by atoms with Gasteiger partial charge in [-0.2, -0.15) is 5.21 Å². The van der Waals surface area contributed by atoms with Gasteiger partial charge in [0.05, 0.1) is 5.69 Å². The zero-order valence-corrected chi connectivity index (χ0v) is 21.6. The highest BCUT2D eigenvalue weighted by Gasteiger charge is 2.18. The molecule has 6 rings (SSSR count). The highest BCUT2D eigenvalue weighted by molar-refractivity contribution is 6.01. The summed E-state index contributed by atoms with van der Waals surface area (Å²) in [6.45, 7) is 2.01. The van der Waals surface area contributed by atoms with Crippen molar-refractivity contribution in [2.45, 2.75) is 32.6 Å². The van der Waals surface area contributed by atoms with Crippen LogP contribution in [0.15, 0.2) is 84.9 Å². The molecule has 3 N–H and O–H groups in total. The number of tetrazole rings is 1. The molecule has 1 aliphatic carbocycles. The first-order chi connectivity index (χ1) is 19.1. The van der Waals surface area contributed by atoms with Crippen LogP contribution >= 0.6 is 0 Å². The zero-order valence-electron chi connectivity index (χ0n) is 21.6. The summed E-state index contributed by atoms with van der Waals surface area (Å²) in [7, 11) is 0. The van der Waals surface area contributed by atoms with Crippen LogP contribution in [0.25, 0.3) is 22.5 Å². The topological polar surface area (TPSA) is 105 Å². The molecule has 0 saturated carbocycles. The standard InChI is InChI=1S/C31H28N6O2/c1-20-13-16-23(17-14-20)32-31(38)33-27-19-22(24-9-4-5-11-26(24)30-34-36-37-35-30)15-18-29(27)39-28-12-6-8-21-7-2-3-10-25(21)28/h4-6,8-9,11-19H,2-3,7,10H2,1H3,(H2,32,33,38)(H,34,35,36,37). The van der Waals surface area contributed by atoms with Crippen molar-refractivity contribution in [1.29, 1.82) is 0 Å². The number of benzene rings is 4. The van der Waals surface area contributed by atoms with Crippen molar-refractivity contribution in [2.24, 2.45) is 0 Å². The summed E-state index contributed by atoms with van der Waals surface area (Å²) in [5.74, 6) is 1.89. The second kappa shape index (κ2) is 10.8. The Morgan fingerprint density at radius 2 is 1.67 bits per heavy atom. The Hall–Kier alpha value is -4.98. The van der Waals surface area contributed by atoms with Crippen molar-refractivity contribution >= 4 is 17.4 Å². The lowest BCUT2D eigenvalue weighted by molar-refractivity contribution is 0.262. The SMILES string of the molecule is Cc1ccc(NC(=O)Nc2cc(-c3ccccc3-c3nn[nH]n3)ccc2Oc2cccc3c2CCCC3)cc1. The molecule has 8 nitrogen and oxygen atoms in total. The number of urea groups is 1. The highest BCUT2D eigenvalue weighted by Crippen LogP contribution is 2.39. The largest absolute Gasteiger partial charge is 0.455 e. The molecule has 2 amide bonds. The van der Waals surface area contributed by atoms with Gasteiger partial charge in [-0.3, -0.25) is 0 Å². The maximum Gasteiger partial charge on any atom is 0.323 e. The van der Waals surface area contributed by atoms with Crippen molar-refractivity contribution in [3.63, 3.8) is 0 Å². The van der Waals surface area contributed by atoms with Crippen molar-refractivity contribution < 1.29 is 9.53 Å². The number of anilines is 2. The monoisotopic (exact) mass is 516 g/mol. The van der Waals surface area contributed by atoms with Crippen molar-refractivity contribution in [3.05, 3.63) is 102 Å². The Labute approximate surface area is 226 Å². The van der Waals surface area contributed by atoms with Crippen molar-refractivity contribution in [1.82, 2.24) is 20.6 Å². The number of nitrogens with one attached hydrogen (secondary N) is 3. The number of hydrogen-bond acceptors (Lipinski definition) is 5. The van der Waals surface area contributed by atoms with Crippen LogP contribution in [0.1, 0.15) is 29.5 Å². The minimum Gasteiger partial charge on any atom is -0.455 e. The first-order valence-electron chi connectivity index (χ1n) is 13.0. The molecule has 0 atom stereocenters. The van der Waals surface area contributed by atoms with Gasteiger partial charge in [-0.15, -0.1) is 10.2 Å². The molecular formula is C31H28N6O2. The number of amides is 2. The first kappa shape index (κ1) is 24.4. The van der Waals surface area contributed by atoms with Gasteiger partial charge in [0.25, 0.3) is 0 Å². The number of fused-ring (bicyclic) bond motifs is 1. The summed E-state index contributed by atoms with van der Waals surface area (Å²) in [6.07, 6.45) is 4.38. The second-order valence-electron chi connectivity index (χ2n) is 9.64. The minimum atomic E-state index is -0.359. The van der Waals surface area contributed by atoms with E-state index in [4.69, 9.17) is 4.74 Å². The number of ether oxygens (including phenoxy) is 1. The van der Waals surface area contributed by atoms with Crippen LogP contribution in [0.3, 0.4) is 0 Å². The number of aryl methyl sites for hydroxylation is 2. The third kappa shape index (κ3) is 5.36.